The molecule has 1 aliphatic rings. The highest BCUT2D eigenvalue weighted by atomic mass is 19.3. The van der Waals surface area contributed by atoms with Crippen molar-refractivity contribution in [1.29, 1.82) is 0 Å². The number of hydrogen-bond acceptors (Lipinski definition) is 5. The molecule has 9 heteroatoms. The molecule has 33 heavy (non-hydrogen) atoms. The average Bonchev–Trinajstić information content (AvgIpc) is 2.98. The third-order valence-corrected chi connectivity index (χ3v) is 6.04. The number of alkyl halides is 2. The Hall–Kier alpha value is -3.20. The number of aromatic nitrogens is 2. The first kappa shape index (κ1) is 23.0. The van der Waals surface area contributed by atoms with Crippen LogP contribution in [0, 0.1) is 12.7 Å². The van der Waals surface area contributed by atoms with E-state index in [-0.39, 0.29) is 17.9 Å². The summed E-state index contributed by atoms with van der Waals surface area (Å²) in [5, 5.41) is 13.6. The van der Waals surface area contributed by atoms with Crippen molar-refractivity contribution in [1.82, 2.24) is 9.97 Å². The molecule has 3 aromatic rings. The highest BCUT2D eigenvalue weighted by Gasteiger charge is 2.49. The van der Waals surface area contributed by atoms with Gasteiger partial charge in [-0.25, -0.2) is 14.4 Å². The Morgan fingerprint density at radius 1 is 1.21 bits per heavy atom. The van der Waals surface area contributed by atoms with Crippen molar-refractivity contribution in [3.05, 3.63) is 58.7 Å². The number of likely N-dealkylation sites (N-methyl/N-ethyl adjacent to an activating group) is 1. The van der Waals surface area contributed by atoms with Gasteiger partial charge in [0.1, 0.15) is 23.1 Å². The Balaban J connectivity index is 1.76. The lowest BCUT2D eigenvalue weighted by molar-refractivity contribution is -0.170. The predicted molar refractivity (Wildman–Crippen MR) is 120 cm³/mol. The van der Waals surface area contributed by atoms with Crippen LogP contribution in [0.5, 0.6) is 0 Å². The molecule has 2 heterocycles. The van der Waals surface area contributed by atoms with Crippen LogP contribution in [0.3, 0.4) is 0 Å². The van der Waals surface area contributed by atoms with Crippen LogP contribution in [0.2, 0.25) is 0 Å². The molecule has 0 bridgehead atoms. The quantitative estimate of drug-likeness (QED) is 0.583. The number of rotatable bonds is 5. The molecule has 0 fully saturated rings. The summed E-state index contributed by atoms with van der Waals surface area (Å²) < 4.78 is 44.6. The standard InChI is InChI=1S/C24H25F3N4O2/c1-12(15-7-6-8-17(21(15)25)24(26,27)23(3,4)33)28-22-16-11-19-14(10-20(32)31(19)5)9-18(16)29-13(2)30-22/h6-9,11-12,33H,10H2,1-5H3,(H,28,29,30). The maximum absolute atomic E-state index is 15.2. The zero-order chi connectivity index (χ0) is 24.3. The largest absolute Gasteiger partial charge is 0.384 e. The van der Waals surface area contributed by atoms with E-state index in [1.54, 1.807) is 31.9 Å². The van der Waals surface area contributed by atoms with Gasteiger partial charge in [0.25, 0.3) is 0 Å². The van der Waals surface area contributed by atoms with Gasteiger partial charge in [-0.1, -0.05) is 12.1 Å². The van der Waals surface area contributed by atoms with Crippen LogP contribution >= 0.6 is 0 Å². The lowest BCUT2D eigenvalue weighted by Gasteiger charge is -2.30. The zero-order valence-corrected chi connectivity index (χ0v) is 19.0. The van der Waals surface area contributed by atoms with Gasteiger partial charge < -0.3 is 15.3 Å². The van der Waals surface area contributed by atoms with E-state index in [4.69, 9.17) is 0 Å². The molecule has 6 nitrogen and oxygen atoms in total. The fraction of sp³-hybridized carbons (Fsp3) is 0.375. The molecule has 1 aromatic heterocycles. The minimum Gasteiger partial charge on any atom is -0.384 e. The van der Waals surface area contributed by atoms with Crippen LogP contribution in [0.15, 0.2) is 30.3 Å². The van der Waals surface area contributed by atoms with Gasteiger partial charge in [-0.15, -0.1) is 0 Å². The van der Waals surface area contributed by atoms with Gasteiger partial charge in [0, 0.05) is 23.7 Å². The lowest BCUT2D eigenvalue weighted by Crippen LogP contribution is -2.41. The van der Waals surface area contributed by atoms with E-state index in [1.807, 2.05) is 6.07 Å². The summed E-state index contributed by atoms with van der Waals surface area (Å²) in [6.45, 7) is 5.23. The number of benzene rings is 2. The Bertz CT molecular complexity index is 1270. The van der Waals surface area contributed by atoms with Gasteiger partial charge in [0.15, 0.2) is 0 Å². The summed E-state index contributed by atoms with van der Waals surface area (Å²) in [4.78, 5) is 22.6. The minimum absolute atomic E-state index is 0.00861. The minimum atomic E-state index is -3.79. The fourth-order valence-electron chi connectivity index (χ4n) is 4.04. The summed E-state index contributed by atoms with van der Waals surface area (Å²) in [5.41, 5.74) is -1.07. The van der Waals surface area contributed by atoms with E-state index in [0.717, 1.165) is 31.2 Å². The first-order chi connectivity index (χ1) is 15.3. The number of carbonyl (C=O) groups excluding carboxylic acids is 1. The summed E-state index contributed by atoms with van der Waals surface area (Å²) in [6.07, 6.45) is 0.289. The van der Waals surface area contributed by atoms with E-state index in [9.17, 15) is 18.7 Å². The van der Waals surface area contributed by atoms with Crippen LogP contribution in [0.25, 0.3) is 10.9 Å². The maximum Gasteiger partial charge on any atom is 0.303 e. The number of halogens is 3. The topological polar surface area (TPSA) is 78.4 Å². The summed E-state index contributed by atoms with van der Waals surface area (Å²) >= 11 is 0. The molecule has 2 N–H and O–H groups in total. The summed E-state index contributed by atoms with van der Waals surface area (Å²) in [5.74, 6) is -4.04. The number of aliphatic hydroxyl groups is 1. The average molecular weight is 458 g/mol. The van der Waals surface area contributed by atoms with E-state index < -0.39 is 28.9 Å². The SMILES string of the molecule is Cc1nc(NC(C)c2cccc(C(F)(F)C(C)(C)O)c2F)c2cc3c(cc2n1)CC(=O)N3C. The molecule has 174 valence electrons. The van der Waals surface area contributed by atoms with Crippen LogP contribution < -0.4 is 10.2 Å². The smallest absolute Gasteiger partial charge is 0.303 e. The molecule has 1 aliphatic heterocycles. The molecule has 0 saturated carbocycles. The monoisotopic (exact) mass is 458 g/mol. The molecule has 0 radical (unpaired) electrons. The van der Waals surface area contributed by atoms with Crippen molar-refractivity contribution in [2.75, 3.05) is 17.3 Å². The van der Waals surface area contributed by atoms with Gasteiger partial charge in [0.05, 0.1) is 23.5 Å². The number of hydrogen-bond donors (Lipinski definition) is 2. The van der Waals surface area contributed by atoms with Crippen molar-refractivity contribution in [2.45, 2.75) is 51.7 Å². The highest BCUT2D eigenvalue weighted by molar-refractivity contribution is 6.05. The van der Waals surface area contributed by atoms with Crippen LogP contribution in [0.4, 0.5) is 24.7 Å². The molecule has 4 rings (SSSR count). The normalized spacial score (nSPS) is 15.2. The van der Waals surface area contributed by atoms with E-state index >= 15 is 4.39 Å². The first-order valence-corrected chi connectivity index (χ1v) is 10.5. The molecule has 0 aliphatic carbocycles. The van der Waals surface area contributed by atoms with Crippen molar-refractivity contribution < 1.29 is 23.1 Å². The number of nitrogens with one attached hydrogen (secondary N) is 1. The summed E-state index contributed by atoms with van der Waals surface area (Å²) in [7, 11) is 1.69. The van der Waals surface area contributed by atoms with E-state index in [1.165, 1.54) is 12.1 Å². The number of nitrogens with zero attached hydrogens (tertiary/aromatic N) is 3. The van der Waals surface area contributed by atoms with Gasteiger partial charge >= 0.3 is 5.92 Å². The number of anilines is 2. The van der Waals surface area contributed by atoms with Crippen molar-refractivity contribution in [2.24, 2.45) is 0 Å². The molecule has 1 amide bonds. The Morgan fingerprint density at radius 2 is 1.91 bits per heavy atom. The fourth-order valence-corrected chi connectivity index (χ4v) is 4.04. The zero-order valence-electron chi connectivity index (χ0n) is 19.0. The molecular weight excluding hydrogens is 433 g/mol. The predicted octanol–water partition coefficient (Wildman–Crippen LogP) is 4.63. The molecule has 1 unspecified atom stereocenters. The molecule has 1 atom stereocenters. The molecule has 0 saturated heterocycles. The van der Waals surface area contributed by atoms with Crippen molar-refractivity contribution in [3.63, 3.8) is 0 Å². The first-order valence-electron chi connectivity index (χ1n) is 10.5. The lowest BCUT2D eigenvalue weighted by atomic mass is 9.91. The second kappa shape index (κ2) is 7.69. The number of amides is 1. The Morgan fingerprint density at radius 3 is 2.58 bits per heavy atom. The van der Waals surface area contributed by atoms with Crippen LogP contribution in [-0.2, 0) is 17.1 Å². The molecule has 2 aromatic carbocycles. The number of aryl methyl sites for hydroxylation is 1. The highest BCUT2D eigenvalue weighted by Crippen LogP contribution is 2.41. The van der Waals surface area contributed by atoms with Gasteiger partial charge in [-0.3, -0.25) is 4.79 Å². The second-order valence-corrected chi connectivity index (χ2v) is 8.96. The second-order valence-electron chi connectivity index (χ2n) is 8.96. The Kier molecular flexibility index (Phi) is 5.35. The molecular formula is C24H25F3N4O2. The maximum atomic E-state index is 15.2. The molecule has 0 spiro atoms. The van der Waals surface area contributed by atoms with Gasteiger partial charge in [-0.05, 0) is 51.5 Å². The van der Waals surface area contributed by atoms with E-state index in [0.29, 0.717) is 22.5 Å². The van der Waals surface area contributed by atoms with Crippen molar-refractivity contribution in [3.8, 4) is 0 Å². The van der Waals surface area contributed by atoms with Crippen LogP contribution in [-0.4, -0.2) is 33.6 Å². The van der Waals surface area contributed by atoms with Crippen molar-refractivity contribution >= 4 is 28.3 Å². The van der Waals surface area contributed by atoms with Gasteiger partial charge in [-0.2, -0.15) is 8.78 Å². The third-order valence-electron chi connectivity index (χ3n) is 6.04. The number of fused-ring (bicyclic) bond motifs is 2. The number of carbonyl (C=O) groups is 1. The third kappa shape index (κ3) is 3.80. The Labute approximate surface area is 189 Å². The van der Waals surface area contributed by atoms with E-state index in [2.05, 4.69) is 15.3 Å². The van der Waals surface area contributed by atoms with Gasteiger partial charge in [0.2, 0.25) is 5.91 Å². The van der Waals surface area contributed by atoms with Crippen LogP contribution in [0.1, 0.15) is 49.3 Å². The summed E-state index contributed by atoms with van der Waals surface area (Å²) in [6, 6.07) is 6.64.